The van der Waals surface area contributed by atoms with E-state index in [2.05, 4.69) is 5.32 Å². The number of hydrogen-bond donors (Lipinski definition) is 2. The van der Waals surface area contributed by atoms with Crippen molar-refractivity contribution in [1.82, 2.24) is 5.32 Å². The molecule has 2 rings (SSSR count). The molecule has 92 valence electrons. The molecule has 17 heavy (non-hydrogen) atoms. The fourth-order valence-electron chi connectivity index (χ4n) is 2.10. The molecule has 0 radical (unpaired) electrons. The number of hydrogen-bond acceptors (Lipinski definition) is 3. The molecule has 0 bridgehead atoms. The maximum absolute atomic E-state index is 11.5. The second-order valence-corrected chi connectivity index (χ2v) is 5.69. The smallest absolute Gasteiger partial charge is 0.236 e. The molecule has 0 heterocycles. The molecular weight excluding hydrogens is 232 g/mol. The van der Waals surface area contributed by atoms with Crippen molar-refractivity contribution in [3.05, 3.63) is 35.9 Å². The first-order valence-electron chi connectivity index (χ1n) is 5.80. The standard InChI is InChI=1S/C13H18N2OS/c1-17-13(7-8-13)11(12(14)16)15-9-10-5-3-2-4-6-10/h2-6,11,15H,7-9H2,1H3,(H2,14,16). The van der Waals surface area contributed by atoms with Crippen LogP contribution in [0.25, 0.3) is 0 Å². The summed E-state index contributed by atoms with van der Waals surface area (Å²) in [6.45, 7) is 0.691. The lowest BCUT2D eigenvalue weighted by atomic mass is 10.1. The second kappa shape index (κ2) is 5.10. The zero-order valence-electron chi connectivity index (χ0n) is 9.98. The van der Waals surface area contributed by atoms with E-state index in [0.717, 1.165) is 12.8 Å². The molecule has 1 atom stereocenters. The molecule has 0 saturated heterocycles. The van der Waals surface area contributed by atoms with Crippen LogP contribution in [0.3, 0.4) is 0 Å². The van der Waals surface area contributed by atoms with E-state index in [1.807, 2.05) is 36.6 Å². The Bertz CT molecular complexity index is 390. The summed E-state index contributed by atoms with van der Waals surface area (Å²) < 4.78 is 0.0423. The van der Waals surface area contributed by atoms with Gasteiger partial charge in [-0.05, 0) is 24.7 Å². The largest absolute Gasteiger partial charge is 0.368 e. The monoisotopic (exact) mass is 250 g/mol. The highest BCUT2D eigenvalue weighted by atomic mass is 32.2. The summed E-state index contributed by atoms with van der Waals surface area (Å²) in [5, 5.41) is 3.29. The predicted molar refractivity (Wildman–Crippen MR) is 71.7 cm³/mol. The highest BCUT2D eigenvalue weighted by Gasteiger charge is 2.51. The predicted octanol–water partition coefficient (Wildman–Crippen LogP) is 1.53. The Morgan fingerprint density at radius 2 is 2.12 bits per heavy atom. The number of nitrogens with two attached hydrogens (primary N) is 1. The Morgan fingerprint density at radius 1 is 1.47 bits per heavy atom. The Balaban J connectivity index is 1.98. The van der Waals surface area contributed by atoms with Gasteiger partial charge in [0.2, 0.25) is 5.91 Å². The lowest BCUT2D eigenvalue weighted by Crippen LogP contribution is -2.49. The molecule has 1 aliphatic carbocycles. The van der Waals surface area contributed by atoms with E-state index in [9.17, 15) is 4.79 Å². The minimum atomic E-state index is -0.243. The van der Waals surface area contributed by atoms with E-state index in [0.29, 0.717) is 6.54 Å². The van der Waals surface area contributed by atoms with E-state index >= 15 is 0 Å². The van der Waals surface area contributed by atoms with Crippen LogP contribution in [-0.4, -0.2) is 23.0 Å². The first-order chi connectivity index (χ1) is 8.18. The van der Waals surface area contributed by atoms with Gasteiger partial charge in [0.05, 0.1) is 0 Å². The highest BCUT2D eigenvalue weighted by Crippen LogP contribution is 2.49. The van der Waals surface area contributed by atoms with Gasteiger partial charge in [-0.1, -0.05) is 30.3 Å². The Hall–Kier alpha value is -1.00. The number of primary amides is 1. The van der Waals surface area contributed by atoms with Gasteiger partial charge < -0.3 is 11.1 Å². The quantitative estimate of drug-likeness (QED) is 0.805. The molecule has 0 spiro atoms. The maximum atomic E-state index is 11.5. The Morgan fingerprint density at radius 3 is 2.59 bits per heavy atom. The van der Waals surface area contributed by atoms with E-state index in [4.69, 9.17) is 5.73 Å². The van der Waals surface area contributed by atoms with Crippen LogP contribution in [0.15, 0.2) is 30.3 Å². The van der Waals surface area contributed by atoms with E-state index in [-0.39, 0.29) is 16.7 Å². The molecular formula is C13H18N2OS. The number of benzene rings is 1. The van der Waals surface area contributed by atoms with Crippen LogP contribution in [0, 0.1) is 0 Å². The SMILES string of the molecule is CSC1(C(NCc2ccccc2)C(N)=O)CC1. The average molecular weight is 250 g/mol. The normalized spacial score (nSPS) is 18.6. The number of carbonyl (C=O) groups excluding carboxylic acids is 1. The van der Waals surface area contributed by atoms with Crippen molar-refractivity contribution in [2.75, 3.05) is 6.26 Å². The number of carbonyl (C=O) groups is 1. The van der Waals surface area contributed by atoms with Gasteiger partial charge in [0, 0.05) is 11.3 Å². The van der Waals surface area contributed by atoms with Crippen LogP contribution in [-0.2, 0) is 11.3 Å². The van der Waals surface area contributed by atoms with Gasteiger partial charge in [-0.2, -0.15) is 11.8 Å². The third kappa shape index (κ3) is 2.82. The zero-order chi connectivity index (χ0) is 12.3. The summed E-state index contributed by atoms with van der Waals surface area (Å²) in [6.07, 6.45) is 4.19. The third-order valence-corrected chi connectivity index (χ3v) is 4.77. The van der Waals surface area contributed by atoms with Crippen LogP contribution in [0.5, 0.6) is 0 Å². The number of thioether (sulfide) groups is 1. The molecule has 4 heteroatoms. The van der Waals surface area contributed by atoms with Crippen molar-refractivity contribution in [2.45, 2.75) is 30.2 Å². The van der Waals surface area contributed by atoms with Crippen LogP contribution in [0.4, 0.5) is 0 Å². The van der Waals surface area contributed by atoms with E-state index in [1.54, 1.807) is 11.8 Å². The molecule has 1 aromatic rings. The minimum Gasteiger partial charge on any atom is -0.368 e. The summed E-state index contributed by atoms with van der Waals surface area (Å²) in [6, 6.07) is 9.85. The maximum Gasteiger partial charge on any atom is 0.236 e. The Labute approximate surface area is 106 Å². The molecule has 1 fully saturated rings. The zero-order valence-corrected chi connectivity index (χ0v) is 10.8. The van der Waals surface area contributed by atoms with Crippen molar-refractivity contribution < 1.29 is 4.79 Å². The van der Waals surface area contributed by atoms with Crippen molar-refractivity contribution in [3.8, 4) is 0 Å². The minimum absolute atomic E-state index is 0.0423. The first-order valence-corrected chi connectivity index (χ1v) is 7.02. The van der Waals surface area contributed by atoms with Crippen LogP contribution < -0.4 is 11.1 Å². The number of nitrogens with one attached hydrogen (secondary N) is 1. The van der Waals surface area contributed by atoms with Crippen LogP contribution >= 0.6 is 11.8 Å². The van der Waals surface area contributed by atoms with Crippen LogP contribution in [0.1, 0.15) is 18.4 Å². The van der Waals surface area contributed by atoms with Gasteiger partial charge >= 0.3 is 0 Å². The molecule has 1 aliphatic rings. The van der Waals surface area contributed by atoms with E-state index < -0.39 is 0 Å². The van der Waals surface area contributed by atoms with Gasteiger partial charge in [0.25, 0.3) is 0 Å². The van der Waals surface area contributed by atoms with Crippen molar-refractivity contribution in [2.24, 2.45) is 5.73 Å². The fraction of sp³-hybridized carbons (Fsp3) is 0.462. The van der Waals surface area contributed by atoms with Crippen molar-refractivity contribution in [1.29, 1.82) is 0 Å². The molecule has 3 N–H and O–H groups in total. The summed E-state index contributed by atoms with van der Waals surface area (Å²) in [5.41, 5.74) is 6.66. The lowest BCUT2D eigenvalue weighted by Gasteiger charge is -2.23. The average Bonchev–Trinajstić information content (AvgIpc) is 3.11. The van der Waals surface area contributed by atoms with Crippen molar-refractivity contribution in [3.63, 3.8) is 0 Å². The topological polar surface area (TPSA) is 55.1 Å². The van der Waals surface area contributed by atoms with Gasteiger partial charge in [-0.15, -0.1) is 0 Å². The fourth-order valence-corrected chi connectivity index (χ4v) is 3.04. The summed E-state index contributed by atoms with van der Waals surface area (Å²) >= 11 is 1.75. The van der Waals surface area contributed by atoms with Gasteiger partial charge in [-0.25, -0.2) is 0 Å². The van der Waals surface area contributed by atoms with Crippen LogP contribution in [0.2, 0.25) is 0 Å². The molecule has 1 aromatic carbocycles. The molecule has 1 unspecified atom stereocenters. The molecule has 3 nitrogen and oxygen atoms in total. The van der Waals surface area contributed by atoms with Crippen molar-refractivity contribution >= 4 is 17.7 Å². The molecule has 0 aliphatic heterocycles. The lowest BCUT2D eigenvalue weighted by molar-refractivity contribution is -0.120. The van der Waals surface area contributed by atoms with Gasteiger partial charge in [0.1, 0.15) is 6.04 Å². The van der Waals surface area contributed by atoms with Gasteiger partial charge in [0.15, 0.2) is 0 Å². The third-order valence-electron chi connectivity index (χ3n) is 3.31. The second-order valence-electron chi connectivity index (χ2n) is 4.47. The Kier molecular flexibility index (Phi) is 3.74. The summed E-state index contributed by atoms with van der Waals surface area (Å²) in [5.74, 6) is -0.243. The molecule has 0 aromatic heterocycles. The highest BCUT2D eigenvalue weighted by molar-refractivity contribution is 8.00. The van der Waals surface area contributed by atoms with Gasteiger partial charge in [-0.3, -0.25) is 4.79 Å². The first kappa shape index (κ1) is 12.5. The number of rotatable bonds is 6. The van der Waals surface area contributed by atoms with E-state index in [1.165, 1.54) is 5.56 Å². The summed E-state index contributed by atoms with van der Waals surface area (Å²) in [4.78, 5) is 11.5. The summed E-state index contributed by atoms with van der Waals surface area (Å²) in [7, 11) is 0. The molecule has 1 saturated carbocycles. The molecule has 1 amide bonds. The number of amides is 1.